The van der Waals surface area contributed by atoms with Crippen LogP contribution in [0.15, 0.2) is 72.2 Å². The first-order valence-corrected chi connectivity index (χ1v) is 24.7. The van der Waals surface area contributed by atoms with Crippen LogP contribution in [0.25, 0.3) is 10.4 Å². The number of unbranched alkanes of at least 4 members (excludes halogenated alkanes) is 2. The second kappa shape index (κ2) is 22.3. The van der Waals surface area contributed by atoms with Crippen LogP contribution < -0.4 is 26.0 Å². The number of hydrogen-bond donors (Lipinski definition) is 5. The summed E-state index contributed by atoms with van der Waals surface area (Å²) in [6.45, 7) is 17.0. The van der Waals surface area contributed by atoms with E-state index in [0.717, 1.165) is 53.1 Å². The number of halogens is 1. The normalized spacial score (nSPS) is 19.8. The van der Waals surface area contributed by atoms with Crippen molar-refractivity contribution < 1.29 is 33.8 Å². The summed E-state index contributed by atoms with van der Waals surface area (Å²) in [6, 6.07) is 20.4. The average molecular weight is 969 g/mol. The number of aromatic nitrogens is 1. The van der Waals surface area contributed by atoms with Crippen molar-refractivity contribution in [2.45, 2.75) is 124 Å². The Kier molecular flexibility index (Phi) is 17.0. The van der Waals surface area contributed by atoms with E-state index in [9.17, 15) is 29.5 Å². The molecule has 16 heteroatoms. The first-order chi connectivity index (χ1) is 32.2. The molecule has 3 atom stereocenters. The number of carbonyl (C=O) groups is 4. The van der Waals surface area contributed by atoms with Gasteiger partial charge in [0.05, 0.1) is 32.8 Å². The van der Waals surface area contributed by atoms with Crippen LogP contribution in [0, 0.1) is 27.6 Å². The Hall–Kier alpha value is -5.53. The van der Waals surface area contributed by atoms with Gasteiger partial charge in [-0.3, -0.25) is 19.2 Å². The Morgan fingerprint density at radius 1 is 1.00 bits per heavy atom. The molecule has 0 radical (unpaired) electrons. The van der Waals surface area contributed by atoms with Gasteiger partial charge in [0.2, 0.25) is 17.7 Å². The first-order valence-electron chi connectivity index (χ1n) is 23.4. The van der Waals surface area contributed by atoms with E-state index in [0.29, 0.717) is 35.1 Å². The van der Waals surface area contributed by atoms with E-state index in [1.54, 1.807) is 41.7 Å². The Bertz CT molecular complexity index is 2430. The largest absolute Gasteiger partial charge is 0.489 e. The van der Waals surface area contributed by atoms with Gasteiger partial charge in [-0.05, 0) is 78.6 Å². The molecule has 1 aromatic heterocycles. The van der Waals surface area contributed by atoms with E-state index in [2.05, 4.69) is 66.9 Å². The summed E-state index contributed by atoms with van der Waals surface area (Å²) in [6.07, 6.45) is 2.33. The number of likely N-dealkylation sites (tertiary alicyclic amines) is 1. The lowest BCUT2D eigenvalue weighted by Gasteiger charge is -2.63. The number of aryl methyl sites for hydroxylation is 1. The number of β-amino-alcohol motifs (C(OH)–C–C–N with tert-alkyl or cyclic N) is 1. The van der Waals surface area contributed by atoms with Crippen LogP contribution in [0.3, 0.4) is 0 Å². The summed E-state index contributed by atoms with van der Waals surface area (Å²) in [4.78, 5) is 60.9. The first kappa shape index (κ1) is 51.9. The lowest BCUT2D eigenvalue weighted by atomic mass is 9.49. The van der Waals surface area contributed by atoms with E-state index in [4.69, 9.17) is 21.1 Å². The maximum atomic E-state index is 14.0. The fraction of sp³-hybridized carbons (Fsp3) is 0.500. The number of benzene rings is 3. The number of aliphatic hydroxyl groups is 1. The summed E-state index contributed by atoms with van der Waals surface area (Å²) in [5.74, 6) is -0.809. The molecule has 0 bridgehead atoms. The van der Waals surface area contributed by atoms with E-state index < -0.39 is 35.4 Å². The molecule has 1 aliphatic carbocycles. The minimum atomic E-state index is -0.946. The molecule has 4 amide bonds. The number of thiazole rings is 1. The van der Waals surface area contributed by atoms with Crippen LogP contribution in [0.1, 0.15) is 108 Å². The highest BCUT2D eigenvalue weighted by molar-refractivity contribution is 7.13. The molecule has 1 saturated carbocycles. The van der Waals surface area contributed by atoms with Gasteiger partial charge in [-0.1, -0.05) is 91.3 Å². The zero-order chi connectivity index (χ0) is 49.4. The average Bonchev–Trinajstić information content (AvgIpc) is 3.95. The van der Waals surface area contributed by atoms with Crippen molar-refractivity contribution in [3.8, 4) is 22.3 Å². The second-order valence-corrected chi connectivity index (χ2v) is 21.3. The third-order valence-corrected chi connectivity index (χ3v) is 14.3. The topological polar surface area (TPSA) is 195 Å². The fourth-order valence-electron chi connectivity index (χ4n) is 9.61. The van der Waals surface area contributed by atoms with Crippen LogP contribution in [-0.4, -0.2) is 95.3 Å². The highest BCUT2D eigenvalue weighted by atomic mass is 35.5. The van der Waals surface area contributed by atoms with Crippen molar-refractivity contribution in [3.63, 3.8) is 0 Å². The van der Waals surface area contributed by atoms with E-state index in [1.807, 2.05) is 62.7 Å². The Balaban J connectivity index is 0.879. The number of carbonyl (C=O) groups excluding carboxylic acids is 4. The van der Waals surface area contributed by atoms with Crippen molar-refractivity contribution in [1.82, 2.24) is 25.8 Å². The third-order valence-electron chi connectivity index (χ3n) is 13.0. The minimum Gasteiger partial charge on any atom is -0.489 e. The van der Waals surface area contributed by atoms with E-state index >= 15 is 0 Å². The zero-order valence-electron chi connectivity index (χ0n) is 40.4. The molecular formula is C52H66ClN7O7S. The molecule has 364 valence electrons. The van der Waals surface area contributed by atoms with Gasteiger partial charge in [0, 0.05) is 66.9 Å². The number of rotatable bonds is 20. The number of nitriles is 1. The number of amides is 4. The Labute approximate surface area is 409 Å². The maximum Gasteiger partial charge on any atom is 0.251 e. The van der Waals surface area contributed by atoms with Gasteiger partial charge in [-0.15, -0.1) is 11.3 Å². The molecule has 1 saturated heterocycles. The number of nitrogens with one attached hydrogen (secondary N) is 4. The van der Waals surface area contributed by atoms with Crippen molar-refractivity contribution in [1.29, 1.82) is 5.26 Å². The summed E-state index contributed by atoms with van der Waals surface area (Å²) < 4.78 is 12.0. The maximum absolute atomic E-state index is 14.0. The van der Waals surface area contributed by atoms with Gasteiger partial charge in [-0.25, -0.2) is 4.98 Å². The molecule has 14 nitrogen and oxygen atoms in total. The summed E-state index contributed by atoms with van der Waals surface area (Å²) in [5.41, 5.74) is 5.26. The standard InChI is InChI=1S/C52H66ClN7O7S/c1-9-40-43(68-31-57-40)33-15-13-32(14-16-33)28-56-46(64)41-25-37(61)29-60(41)47(65)44(50(2,3)4)58-42(62)30-66-24-12-10-11-23-55-36-20-17-34(18-21-36)45(63)59-48-51(5,6)49(52(48,7)8)67-38-22-19-35(27-54)39(53)26-38/h13-22,26,31,37,41,44,48-49,55,61H,9-12,23-25,28-30H2,1-8H3,(H,56,64)(H,58,62)(H,59,63)/t37-,41+,44?,48-,49-/m1/s1. The lowest BCUT2D eigenvalue weighted by Crippen LogP contribution is -2.74. The van der Waals surface area contributed by atoms with E-state index in [1.165, 1.54) is 4.90 Å². The van der Waals surface area contributed by atoms with Gasteiger partial charge in [0.15, 0.2) is 0 Å². The number of anilines is 1. The SMILES string of the molecule is CCc1ncsc1-c1ccc(CNC(=O)[C@@H]2C[C@@H](O)CN2C(=O)C(NC(=O)COCCCCCNc2ccc(C(=O)N[C@H]3C(C)(C)[C@H](Oc4ccc(C#N)c(Cl)c4)C3(C)C)cc2)C(C)(C)C)cc1. The van der Waals surface area contributed by atoms with E-state index in [-0.39, 0.29) is 60.9 Å². The summed E-state index contributed by atoms with van der Waals surface area (Å²) in [5, 5.41) is 32.5. The summed E-state index contributed by atoms with van der Waals surface area (Å²) >= 11 is 7.84. The van der Waals surface area contributed by atoms with Gasteiger partial charge in [0.25, 0.3) is 5.91 Å². The molecule has 3 aromatic carbocycles. The van der Waals surface area contributed by atoms with Crippen molar-refractivity contribution in [2.75, 3.05) is 31.6 Å². The van der Waals surface area contributed by atoms with Crippen LogP contribution in [0.2, 0.25) is 5.02 Å². The highest BCUT2D eigenvalue weighted by Crippen LogP contribution is 2.55. The van der Waals surface area contributed by atoms with Crippen LogP contribution in [0.4, 0.5) is 5.69 Å². The lowest BCUT2D eigenvalue weighted by molar-refractivity contribution is -0.164. The predicted molar refractivity (Wildman–Crippen MR) is 265 cm³/mol. The van der Waals surface area contributed by atoms with Gasteiger partial charge in [0.1, 0.15) is 36.6 Å². The zero-order valence-corrected chi connectivity index (χ0v) is 42.0. The molecule has 6 rings (SSSR count). The van der Waals surface area contributed by atoms with Gasteiger partial charge in [-0.2, -0.15) is 5.26 Å². The molecule has 4 aromatic rings. The van der Waals surface area contributed by atoms with Crippen molar-refractivity contribution in [3.05, 3.63) is 99.6 Å². The number of hydrogen-bond acceptors (Lipinski definition) is 11. The molecule has 2 fully saturated rings. The monoisotopic (exact) mass is 967 g/mol. The van der Waals surface area contributed by atoms with Crippen molar-refractivity contribution >= 4 is 52.3 Å². The minimum absolute atomic E-state index is 0.00750. The van der Waals surface area contributed by atoms with Crippen LogP contribution in [-0.2, 0) is 32.1 Å². The molecule has 1 unspecified atom stereocenters. The third kappa shape index (κ3) is 12.4. The molecule has 2 heterocycles. The number of nitrogens with zero attached hydrogens (tertiary/aromatic N) is 3. The molecule has 2 aliphatic rings. The molecule has 0 spiro atoms. The smallest absolute Gasteiger partial charge is 0.251 e. The molecular weight excluding hydrogens is 902 g/mol. The highest BCUT2D eigenvalue weighted by Gasteiger charge is 2.64. The second-order valence-electron chi connectivity index (χ2n) is 20.1. The van der Waals surface area contributed by atoms with Crippen LogP contribution in [0.5, 0.6) is 5.75 Å². The fourth-order valence-corrected chi connectivity index (χ4v) is 10.7. The van der Waals surface area contributed by atoms with Gasteiger partial charge < -0.3 is 40.7 Å². The Morgan fingerprint density at radius 3 is 2.35 bits per heavy atom. The molecule has 5 N–H and O–H groups in total. The van der Waals surface area contributed by atoms with Gasteiger partial charge >= 0.3 is 0 Å². The van der Waals surface area contributed by atoms with Crippen molar-refractivity contribution in [2.24, 2.45) is 16.2 Å². The predicted octanol–water partition coefficient (Wildman–Crippen LogP) is 7.92. The quantitative estimate of drug-likeness (QED) is 0.0543. The Morgan fingerprint density at radius 2 is 1.71 bits per heavy atom. The van der Waals surface area contributed by atoms with Crippen LogP contribution >= 0.6 is 22.9 Å². The number of ether oxygens (including phenoxy) is 2. The molecule has 1 aliphatic heterocycles. The molecule has 68 heavy (non-hydrogen) atoms. The number of aliphatic hydroxyl groups excluding tert-OH is 1. The summed E-state index contributed by atoms with van der Waals surface area (Å²) in [7, 11) is 0.